The van der Waals surface area contributed by atoms with E-state index in [2.05, 4.69) is 0 Å². The van der Waals surface area contributed by atoms with Crippen LogP contribution in [0.4, 0.5) is 0 Å². The van der Waals surface area contributed by atoms with Gasteiger partial charge in [-0.2, -0.15) is 0 Å². The third-order valence-corrected chi connectivity index (χ3v) is 3.75. The first-order valence-electron chi connectivity index (χ1n) is 5.90. The third-order valence-electron chi connectivity index (χ3n) is 3.75. The molecule has 5 atom stereocenters. The van der Waals surface area contributed by atoms with E-state index >= 15 is 0 Å². The fraction of sp³-hybridized carbons (Fsp3) is 1.00. The number of aliphatic hydroxyl groups excluding tert-OH is 3. The summed E-state index contributed by atoms with van der Waals surface area (Å²) in [6.45, 7) is 7.97. The molecule has 1 saturated carbocycles. The van der Waals surface area contributed by atoms with Crippen molar-refractivity contribution in [2.24, 2.45) is 23.7 Å². The summed E-state index contributed by atoms with van der Waals surface area (Å²) in [4.78, 5) is 0. The fourth-order valence-corrected chi connectivity index (χ4v) is 2.60. The van der Waals surface area contributed by atoms with Crippen molar-refractivity contribution in [3.63, 3.8) is 0 Å². The lowest BCUT2D eigenvalue weighted by Crippen LogP contribution is -2.36. The molecule has 15 heavy (non-hydrogen) atoms. The average molecular weight is 216 g/mol. The van der Waals surface area contributed by atoms with Gasteiger partial charge in [0.25, 0.3) is 0 Å². The number of hydrogen-bond acceptors (Lipinski definition) is 3. The van der Waals surface area contributed by atoms with E-state index in [1.807, 2.05) is 27.7 Å². The van der Waals surface area contributed by atoms with Gasteiger partial charge in [-0.15, -0.1) is 0 Å². The second-order valence-electron chi connectivity index (χ2n) is 5.52. The maximum absolute atomic E-state index is 9.94. The molecular formula is C12H24O3. The molecule has 3 N–H and O–H groups in total. The quantitative estimate of drug-likeness (QED) is 0.660. The van der Waals surface area contributed by atoms with E-state index in [1.165, 1.54) is 0 Å². The van der Waals surface area contributed by atoms with Gasteiger partial charge in [-0.05, 0) is 24.2 Å². The topological polar surface area (TPSA) is 60.7 Å². The van der Waals surface area contributed by atoms with Crippen molar-refractivity contribution >= 4 is 0 Å². The fourth-order valence-electron chi connectivity index (χ4n) is 2.60. The molecule has 0 aromatic carbocycles. The maximum Gasteiger partial charge on any atom is 0.0854 e. The molecule has 0 unspecified atom stereocenters. The monoisotopic (exact) mass is 216 g/mol. The predicted molar refractivity (Wildman–Crippen MR) is 59.3 cm³/mol. The highest BCUT2D eigenvalue weighted by Gasteiger charge is 2.45. The molecule has 0 radical (unpaired) electrons. The van der Waals surface area contributed by atoms with Crippen LogP contribution in [0.5, 0.6) is 0 Å². The molecule has 3 heteroatoms. The zero-order valence-electron chi connectivity index (χ0n) is 10.1. The largest absolute Gasteiger partial charge is 0.392 e. The van der Waals surface area contributed by atoms with Crippen LogP contribution in [0.2, 0.25) is 0 Å². The summed E-state index contributed by atoms with van der Waals surface area (Å²) in [5, 5.41) is 29.7. The molecule has 1 aliphatic rings. The molecule has 0 heterocycles. The number of rotatable bonds is 3. The molecule has 90 valence electrons. The van der Waals surface area contributed by atoms with Gasteiger partial charge in [0.1, 0.15) is 0 Å². The van der Waals surface area contributed by atoms with Crippen molar-refractivity contribution in [3.8, 4) is 0 Å². The molecule has 3 nitrogen and oxygen atoms in total. The van der Waals surface area contributed by atoms with Crippen molar-refractivity contribution in [3.05, 3.63) is 0 Å². The van der Waals surface area contributed by atoms with Gasteiger partial charge in [0, 0.05) is 5.92 Å². The summed E-state index contributed by atoms with van der Waals surface area (Å²) in [6.07, 6.45) is -1.24. The van der Waals surface area contributed by atoms with Crippen LogP contribution in [0, 0.1) is 23.7 Å². The van der Waals surface area contributed by atoms with Gasteiger partial charge in [-0.1, -0.05) is 27.7 Å². The van der Waals surface area contributed by atoms with E-state index in [0.717, 1.165) is 6.42 Å². The van der Waals surface area contributed by atoms with Crippen LogP contribution < -0.4 is 0 Å². The molecular weight excluding hydrogens is 192 g/mol. The highest BCUT2D eigenvalue weighted by atomic mass is 16.3. The van der Waals surface area contributed by atoms with Crippen LogP contribution in [0.1, 0.15) is 34.1 Å². The van der Waals surface area contributed by atoms with Crippen LogP contribution in [0.15, 0.2) is 0 Å². The lowest BCUT2D eigenvalue weighted by atomic mass is 9.88. The zero-order valence-corrected chi connectivity index (χ0v) is 10.1. The molecule has 0 aromatic rings. The van der Waals surface area contributed by atoms with Crippen LogP contribution in [0.3, 0.4) is 0 Å². The van der Waals surface area contributed by atoms with Crippen molar-refractivity contribution in [1.29, 1.82) is 0 Å². The number of hydrogen-bond donors (Lipinski definition) is 3. The smallest absolute Gasteiger partial charge is 0.0854 e. The van der Waals surface area contributed by atoms with E-state index in [-0.39, 0.29) is 17.8 Å². The van der Waals surface area contributed by atoms with Gasteiger partial charge < -0.3 is 15.3 Å². The van der Waals surface area contributed by atoms with E-state index in [4.69, 9.17) is 0 Å². The minimum Gasteiger partial charge on any atom is -0.392 e. The van der Waals surface area contributed by atoms with E-state index in [0.29, 0.717) is 5.92 Å². The Hall–Kier alpha value is -0.120. The normalized spacial score (nSPS) is 39.0. The lowest BCUT2D eigenvalue weighted by Gasteiger charge is -2.24. The Morgan fingerprint density at radius 3 is 1.73 bits per heavy atom. The Bertz CT molecular complexity index is 203. The molecule has 1 aliphatic carbocycles. The van der Waals surface area contributed by atoms with Gasteiger partial charge in [0.2, 0.25) is 0 Å². The molecule has 0 amide bonds. The van der Waals surface area contributed by atoms with Crippen molar-refractivity contribution in [1.82, 2.24) is 0 Å². The van der Waals surface area contributed by atoms with Gasteiger partial charge in [-0.25, -0.2) is 0 Å². The van der Waals surface area contributed by atoms with Gasteiger partial charge in [0.15, 0.2) is 0 Å². The average Bonchev–Trinajstić information content (AvgIpc) is 2.43. The van der Waals surface area contributed by atoms with Crippen LogP contribution in [-0.4, -0.2) is 33.6 Å². The van der Waals surface area contributed by atoms with E-state index in [9.17, 15) is 15.3 Å². The van der Waals surface area contributed by atoms with E-state index in [1.54, 1.807) is 0 Å². The van der Waals surface area contributed by atoms with Crippen LogP contribution in [-0.2, 0) is 0 Å². The maximum atomic E-state index is 9.94. The summed E-state index contributed by atoms with van der Waals surface area (Å²) < 4.78 is 0. The first-order chi connectivity index (χ1) is 6.86. The Morgan fingerprint density at radius 1 is 0.933 bits per heavy atom. The summed E-state index contributed by atoms with van der Waals surface area (Å²) >= 11 is 0. The van der Waals surface area contributed by atoms with Crippen molar-refractivity contribution < 1.29 is 15.3 Å². The van der Waals surface area contributed by atoms with Gasteiger partial charge in [-0.3, -0.25) is 0 Å². The lowest BCUT2D eigenvalue weighted by molar-refractivity contribution is -0.0408. The molecule has 0 saturated heterocycles. The Morgan fingerprint density at radius 2 is 1.40 bits per heavy atom. The van der Waals surface area contributed by atoms with Crippen molar-refractivity contribution in [2.45, 2.75) is 52.4 Å². The highest BCUT2D eigenvalue weighted by molar-refractivity contribution is 4.95. The van der Waals surface area contributed by atoms with Gasteiger partial charge >= 0.3 is 0 Å². The standard InChI is InChI=1S/C12H24O3/c1-6(2)8-5-9(10(13)7(3)4)12(15)11(8)14/h6-15H,5H2,1-4H3/t8-,9+,10+,11-,12+/m0/s1. The van der Waals surface area contributed by atoms with Crippen molar-refractivity contribution in [2.75, 3.05) is 0 Å². The van der Waals surface area contributed by atoms with E-state index < -0.39 is 18.3 Å². The Balaban J connectivity index is 2.70. The number of aliphatic hydroxyl groups is 3. The predicted octanol–water partition coefficient (Wildman–Crippen LogP) is 1.02. The first-order valence-corrected chi connectivity index (χ1v) is 5.90. The molecule has 0 aliphatic heterocycles. The van der Waals surface area contributed by atoms with Gasteiger partial charge in [0.05, 0.1) is 18.3 Å². The summed E-state index contributed by atoms with van der Waals surface area (Å²) in [5.41, 5.74) is 0. The summed E-state index contributed by atoms with van der Waals surface area (Å²) in [5.74, 6) is 0.410. The SMILES string of the molecule is CC(C)[C@@H](O)[C@H]1C[C@@H](C(C)C)[C@H](O)[C@@H]1O. The molecule has 0 spiro atoms. The van der Waals surface area contributed by atoms with Crippen LogP contribution in [0.25, 0.3) is 0 Å². The molecule has 0 aromatic heterocycles. The Kier molecular flexibility index (Phi) is 4.15. The summed E-state index contributed by atoms with van der Waals surface area (Å²) in [7, 11) is 0. The highest BCUT2D eigenvalue weighted by Crippen LogP contribution is 2.39. The second-order valence-corrected chi connectivity index (χ2v) is 5.52. The first kappa shape index (κ1) is 12.9. The molecule has 1 fully saturated rings. The minimum atomic E-state index is -0.769. The summed E-state index contributed by atoms with van der Waals surface area (Å²) in [6, 6.07) is 0. The molecule has 1 rings (SSSR count). The third kappa shape index (κ3) is 2.52. The Labute approximate surface area is 92.1 Å². The minimum absolute atomic E-state index is 0.110. The van der Waals surface area contributed by atoms with Crippen LogP contribution >= 0.6 is 0 Å². The zero-order chi connectivity index (χ0) is 11.7. The second kappa shape index (κ2) is 4.81. The molecule has 0 bridgehead atoms.